The summed E-state index contributed by atoms with van der Waals surface area (Å²) in [5.41, 5.74) is 5.40. The van der Waals surface area contributed by atoms with E-state index < -0.39 is 0 Å². The first-order valence-electron chi connectivity index (χ1n) is 4.86. The molecule has 0 bridgehead atoms. The van der Waals surface area contributed by atoms with E-state index in [-0.39, 0.29) is 6.04 Å². The lowest BCUT2D eigenvalue weighted by molar-refractivity contribution is 0.315. The van der Waals surface area contributed by atoms with Crippen LogP contribution in [-0.2, 0) is 0 Å². The Morgan fingerprint density at radius 1 is 1.62 bits per heavy atom. The van der Waals surface area contributed by atoms with E-state index in [1.54, 1.807) is 0 Å². The lowest BCUT2D eigenvalue weighted by Gasteiger charge is -2.18. The third-order valence-corrected chi connectivity index (χ3v) is 2.52. The van der Waals surface area contributed by atoms with Gasteiger partial charge in [-0.2, -0.15) is 0 Å². The summed E-state index contributed by atoms with van der Waals surface area (Å²) in [6, 6.07) is 0.841. The summed E-state index contributed by atoms with van der Waals surface area (Å²) in [4.78, 5) is 0. The number of amidine groups is 1. The number of oxime groups is 1. The van der Waals surface area contributed by atoms with Crippen molar-refractivity contribution >= 4 is 5.84 Å². The molecule has 4 nitrogen and oxygen atoms in total. The van der Waals surface area contributed by atoms with Gasteiger partial charge in [0.1, 0.15) is 5.84 Å². The van der Waals surface area contributed by atoms with Crippen LogP contribution in [0.2, 0.25) is 0 Å². The fourth-order valence-electron chi connectivity index (χ4n) is 1.59. The second-order valence-corrected chi connectivity index (χ2v) is 3.99. The maximum absolute atomic E-state index is 8.37. The third kappa shape index (κ3) is 3.63. The lowest BCUT2D eigenvalue weighted by atomic mass is 10.1. The lowest BCUT2D eigenvalue weighted by Crippen LogP contribution is -2.38. The van der Waals surface area contributed by atoms with Crippen molar-refractivity contribution in [1.29, 1.82) is 0 Å². The third-order valence-electron chi connectivity index (χ3n) is 2.52. The predicted molar refractivity (Wildman–Crippen MR) is 52.8 cm³/mol. The van der Waals surface area contributed by atoms with E-state index in [1.807, 2.05) is 0 Å². The zero-order chi connectivity index (χ0) is 9.84. The van der Waals surface area contributed by atoms with Gasteiger partial charge in [-0.05, 0) is 32.6 Å². The zero-order valence-corrected chi connectivity index (χ0v) is 8.33. The minimum Gasteiger partial charge on any atom is -0.409 e. The first kappa shape index (κ1) is 10.3. The van der Waals surface area contributed by atoms with Crippen LogP contribution >= 0.6 is 0 Å². The van der Waals surface area contributed by atoms with E-state index in [9.17, 15) is 0 Å². The minimum atomic E-state index is 0.284. The van der Waals surface area contributed by atoms with Crippen LogP contribution in [0.25, 0.3) is 0 Å². The first-order chi connectivity index (χ1) is 6.13. The van der Waals surface area contributed by atoms with Crippen LogP contribution < -0.4 is 11.1 Å². The molecule has 0 amide bonds. The largest absolute Gasteiger partial charge is 0.409 e. The van der Waals surface area contributed by atoms with E-state index in [0.29, 0.717) is 18.3 Å². The minimum absolute atomic E-state index is 0.284. The van der Waals surface area contributed by atoms with Crippen molar-refractivity contribution in [3.63, 3.8) is 0 Å². The SMILES string of the molecule is CC(CC(N)=NO)NC(C)C1CC1. The van der Waals surface area contributed by atoms with Gasteiger partial charge in [0.25, 0.3) is 0 Å². The molecule has 4 heteroatoms. The van der Waals surface area contributed by atoms with Crippen LogP contribution in [0.4, 0.5) is 0 Å². The van der Waals surface area contributed by atoms with Crippen LogP contribution in [0.15, 0.2) is 5.16 Å². The van der Waals surface area contributed by atoms with Gasteiger partial charge >= 0.3 is 0 Å². The van der Waals surface area contributed by atoms with Crippen molar-refractivity contribution in [3.8, 4) is 0 Å². The van der Waals surface area contributed by atoms with Crippen molar-refractivity contribution in [2.45, 2.75) is 45.2 Å². The molecule has 4 N–H and O–H groups in total. The summed E-state index contributed by atoms with van der Waals surface area (Å²) in [7, 11) is 0. The molecule has 1 fully saturated rings. The molecule has 0 aliphatic heterocycles. The van der Waals surface area contributed by atoms with E-state index >= 15 is 0 Å². The zero-order valence-electron chi connectivity index (χ0n) is 8.33. The summed E-state index contributed by atoms with van der Waals surface area (Å²) in [6.45, 7) is 4.25. The van der Waals surface area contributed by atoms with Crippen LogP contribution in [0.3, 0.4) is 0 Å². The predicted octanol–water partition coefficient (Wildman–Crippen LogP) is 0.899. The molecule has 0 aromatic heterocycles. The Hall–Kier alpha value is -0.770. The van der Waals surface area contributed by atoms with Crippen molar-refractivity contribution in [2.75, 3.05) is 0 Å². The van der Waals surface area contributed by atoms with Gasteiger partial charge in [-0.15, -0.1) is 0 Å². The number of rotatable bonds is 5. The molecule has 0 heterocycles. The van der Waals surface area contributed by atoms with E-state index in [1.165, 1.54) is 12.8 Å². The number of nitrogens with two attached hydrogens (primary N) is 1. The summed E-state index contributed by atoms with van der Waals surface area (Å²) in [6.07, 6.45) is 3.28. The Labute approximate surface area is 79.2 Å². The highest BCUT2D eigenvalue weighted by Gasteiger charge is 2.28. The second kappa shape index (κ2) is 4.46. The number of hydrogen-bond donors (Lipinski definition) is 3. The Kier molecular flexibility index (Phi) is 3.54. The highest BCUT2D eigenvalue weighted by molar-refractivity contribution is 5.80. The molecule has 0 spiro atoms. The molecule has 0 radical (unpaired) electrons. The monoisotopic (exact) mass is 185 g/mol. The van der Waals surface area contributed by atoms with Gasteiger partial charge in [-0.25, -0.2) is 0 Å². The molecule has 13 heavy (non-hydrogen) atoms. The molecule has 2 unspecified atom stereocenters. The molecule has 1 rings (SSSR count). The Morgan fingerprint density at radius 2 is 2.23 bits per heavy atom. The van der Waals surface area contributed by atoms with Crippen molar-refractivity contribution in [1.82, 2.24) is 5.32 Å². The standard InChI is InChI=1S/C9H19N3O/c1-6(5-9(10)12-13)11-7(2)8-3-4-8/h6-8,11,13H,3-5H2,1-2H3,(H2,10,12). The molecule has 0 saturated heterocycles. The van der Waals surface area contributed by atoms with Gasteiger partial charge in [0.15, 0.2) is 0 Å². The van der Waals surface area contributed by atoms with Gasteiger partial charge in [-0.3, -0.25) is 0 Å². The van der Waals surface area contributed by atoms with Gasteiger partial charge in [0.05, 0.1) is 0 Å². The Bertz CT molecular complexity index is 189. The number of nitrogens with one attached hydrogen (secondary N) is 1. The van der Waals surface area contributed by atoms with E-state index in [0.717, 1.165) is 5.92 Å². The second-order valence-electron chi connectivity index (χ2n) is 3.99. The molecule has 1 aliphatic rings. The van der Waals surface area contributed by atoms with Crippen molar-refractivity contribution in [2.24, 2.45) is 16.8 Å². The Morgan fingerprint density at radius 3 is 2.69 bits per heavy atom. The number of nitrogens with zero attached hydrogens (tertiary/aromatic N) is 1. The van der Waals surface area contributed by atoms with Crippen LogP contribution in [0.5, 0.6) is 0 Å². The topological polar surface area (TPSA) is 70.6 Å². The van der Waals surface area contributed by atoms with Crippen LogP contribution in [0.1, 0.15) is 33.1 Å². The van der Waals surface area contributed by atoms with Crippen molar-refractivity contribution in [3.05, 3.63) is 0 Å². The normalized spacial score (nSPS) is 22.8. The summed E-state index contributed by atoms with van der Waals surface area (Å²) >= 11 is 0. The fourth-order valence-corrected chi connectivity index (χ4v) is 1.59. The summed E-state index contributed by atoms with van der Waals surface area (Å²) in [5.74, 6) is 1.14. The van der Waals surface area contributed by atoms with E-state index in [2.05, 4.69) is 24.3 Å². The molecular weight excluding hydrogens is 166 g/mol. The van der Waals surface area contributed by atoms with Crippen LogP contribution in [-0.4, -0.2) is 23.1 Å². The summed E-state index contributed by atoms with van der Waals surface area (Å²) in [5, 5.41) is 14.8. The highest BCUT2D eigenvalue weighted by atomic mass is 16.4. The maximum atomic E-state index is 8.37. The van der Waals surface area contributed by atoms with Gasteiger partial charge in [0, 0.05) is 18.5 Å². The molecule has 1 saturated carbocycles. The molecule has 0 aromatic rings. The maximum Gasteiger partial charge on any atom is 0.140 e. The van der Waals surface area contributed by atoms with Gasteiger partial charge in [-0.1, -0.05) is 5.16 Å². The average molecular weight is 185 g/mol. The first-order valence-corrected chi connectivity index (χ1v) is 4.86. The smallest absolute Gasteiger partial charge is 0.140 e. The molecule has 76 valence electrons. The van der Waals surface area contributed by atoms with Gasteiger partial charge < -0.3 is 16.3 Å². The average Bonchev–Trinajstić information content (AvgIpc) is 2.85. The van der Waals surface area contributed by atoms with Gasteiger partial charge in [0.2, 0.25) is 0 Å². The highest BCUT2D eigenvalue weighted by Crippen LogP contribution is 2.32. The fraction of sp³-hybridized carbons (Fsp3) is 0.889. The van der Waals surface area contributed by atoms with Crippen LogP contribution in [0, 0.1) is 5.92 Å². The number of hydrogen-bond acceptors (Lipinski definition) is 3. The quantitative estimate of drug-likeness (QED) is 0.258. The summed E-state index contributed by atoms with van der Waals surface area (Å²) < 4.78 is 0. The molecular formula is C9H19N3O. The molecule has 1 aliphatic carbocycles. The van der Waals surface area contributed by atoms with E-state index in [4.69, 9.17) is 10.9 Å². The van der Waals surface area contributed by atoms with Crippen molar-refractivity contribution < 1.29 is 5.21 Å². The molecule has 2 atom stereocenters. The Balaban J connectivity index is 2.19. The molecule has 0 aromatic carbocycles.